The highest BCUT2D eigenvalue weighted by Crippen LogP contribution is 2.08. The molecule has 0 fully saturated rings. The molecule has 2 rings (SSSR count). The van der Waals surface area contributed by atoms with E-state index in [1.165, 1.54) is 12.1 Å². The number of guanidine groups is 1. The Balaban J connectivity index is 0.00000338. The van der Waals surface area contributed by atoms with Crippen LogP contribution < -0.4 is 11.1 Å². The van der Waals surface area contributed by atoms with E-state index in [0.29, 0.717) is 18.7 Å². The van der Waals surface area contributed by atoms with Gasteiger partial charge >= 0.3 is 0 Å². The molecule has 1 amide bonds. The van der Waals surface area contributed by atoms with Crippen molar-refractivity contribution in [2.45, 2.75) is 20.0 Å². The summed E-state index contributed by atoms with van der Waals surface area (Å²) in [5.41, 5.74) is 7.67. The van der Waals surface area contributed by atoms with Crippen LogP contribution in [-0.2, 0) is 13.1 Å². The third-order valence-corrected chi connectivity index (χ3v) is 3.65. The average Bonchev–Trinajstić information content (AvgIpc) is 2.60. The second-order valence-electron chi connectivity index (χ2n) is 5.72. The maximum atomic E-state index is 13.0. The quantitative estimate of drug-likeness (QED) is 0.387. The molecule has 0 saturated carbocycles. The fourth-order valence-corrected chi connectivity index (χ4v) is 2.40. The highest BCUT2D eigenvalue weighted by Gasteiger charge is 2.07. The third-order valence-electron chi connectivity index (χ3n) is 3.65. The molecule has 0 aromatic heterocycles. The monoisotopic (exact) mass is 470 g/mol. The van der Waals surface area contributed by atoms with Gasteiger partial charge in [-0.2, -0.15) is 0 Å². The zero-order valence-corrected chi connectivity index (χ0v) is 17.2. The molecule has 0 aliphatic heterocycles. The molecule has 26 heavy (non-hydrogen) atoms. The second-order valence-corrected chi connectivity index (χ2v) is 5.72. The van der Waals surface area contributed by atoms with Crippen molar-refractivity contribution >= 4 is 35.8 Å². The number of hydrogen-bond donors (Lipinski definition) is 2. The Labute approximate surface area is 170 Å². The van der Waals surface area contributed by atoms with Crippen LogP contribution in [0.4, 0.5) is 4.39 Å². The Bertz CT molecular complexity index is 749. The Morgan fingerprint density at radius 3 is 2.50 bits per heavy atom. The molecule has 0 bridgehead atoms. The first-order valence-corrected chi connectivity index (χ1v) is 8.12. The highest BCUT2D eigenvalue weighted by molar-refractivity contribution is 14.0. The van der Waals surface area contributed by atoms with Crippen LogP contribution in [0.25, 0.3) is 0 Å². The summed E-state index contributed by atoms with van der Waals surface area (Å²) in [6, 6.07) is 13.5. The Morgan fingerprint density at radius 1 is 1.19 bits per heavy atom. The van der Waals surface area contributed by atoms with Crippen LogP contribution in [0.1, 0.15) is 28.4 Å². The Kier molecular flexibility index (Phi) is 9.04. The van der Waals surface area contributed by atoms with E-state index in [4.69, 9.17) is 5.73 Å². The average molecular weight is 470 g/mol. The van der Waals surface area contributed by atoms with Crippen LogP contribution in [0.15, 0.2) is 53.5 Å². The number of amides is 1. The summed E-state index contributed by atoms with van der Waals surface area (Å²) in [6.45, 7) is 3.76. The predicted octanol–water partition coefficient (Wildman–Crippen LogP) is 3.14. The minimum atomic E-state index is -0.453. The molecule has 140 valence electrons. The van der Waals surface area contributed by atoms with Gasteiger partial charge < -0.3 is 16.0 Å². The van der Waals surface area contributed by atoms with Crippen molar-refractivity contribution in [3.8, 4) is 0 Å². The van der Waals surface area contributed by atoms with Crippen molar-refractivity contribution in [1.29, 1.82) is 0 Å². The standard InChI is InChI=1S/C19H23FN4O.HI/c1-3-22-19(24(2)13-14-7-9-17(20)10-8-14)23-12-15-5-4-6-16(11-15)18(21)25;/h4-11H,3,12-13H2,1-2H3,(H2,21,25)(H,22,23);1H. The Hall–Kier alpha value is -2.16. The van der Waals surface area contributed by atoms with Crippen LogP contribution in [0.5, 0.6) is 0 Å². The number of hydrogen-bond acceptors (Lipinski definition) is 2. The van der Waals surface area contributed by atoms with Crippen molar-refractivity contribution in [2.24, 2.45) is 10.7 Å². The molecule has 0 heterocycles. The van der Waals surface area contributed by atoms with E-state index in [1.54, 1.807) is 30.3 Å². The van der Waals surface area contributed by atoms with Gasteiger partial charge in [0, 0.05) is 25.7 Å². The van der Waals surface area contributed by atoms with E-state index in [9.17, 15) is 9.18 Å². The third kappa shape index (κ3) is 6.62. The van der Waals surface area contributed by atoms with Gasteiger partial charge in [-0.05, 0) is 42.3 Å². The first-order valence-electron chi connectivity index (χ1n) is 8.12. The minimum Gasteiger partial charge on any atom is -0.366 e. The van der Waals surface area contributed by atoms with Gasteiger partial charge in [0.1, 0.15) is 5.82 Å². The highest BCUT2D eigenvalue weighted by atomic mass is 127. The van der Waals surface area contributed by atoms with Crippen LogP contribution in [0.3, 0.4) is 0 Å². The Morgan fingerprint density at radius 2 is 1.88 bits per heavy atom. The SMILES string of the molecule is CCNC(=NCc1cccc(C(N)=O)c1)N(C)Cc1ccc(F)cc1.I. The molecule has 0 aliphatic carbocycles. The van der Waals surface area contributed by atoms with E-state index >= 15 is 0 Å². The molecule has 7 heteroatoms. The summed E-state index contributed by atoms with van der Waals surface area (Å²) >= 11 is 0. The van der Waals surface area contributed by atoms with Gasteiger partial charge in [0.25, 0.3) is 0 Å². The summed E-state index contributed by atoms with van der Waals surface area (Å²) < 4.78 is 13.0. The smallest absolute Gasteiger partial charge is 0.248 e. The molecule has 0 aliphatic rings. The maximum absolute atomic E-state index is 13.0. The first kappa shape index (κ1) is 21.9. The second kappa shape index (κ2) is 10.7. The number of nitrogens with zero attached hydrogens (tertiary/aromatic N) is 2. The van der Waals surface area contributed by atoms with Gasteiger partial charge in [-0.15, -0.1) is 24.0 Å². The van der Waals surface area contributed by atoms with Crippen LogP contribution in [0.2, 0.25) is 0 Å². The number of nitrogens with one attached hydrogen (secondary N) is 1. The first-order chi connectivity index (χ1) is 12.0. The number of carbonyl (C=O) groups is 1. The maximum Gasteiger partial charge on any atom is 0.248 e. The fourth-order valence-electron chi connectivity index (χ4n) is 2.40. The van der Waals surface area contributed by atoms with Crippen LogP contribution in [-0.4, -0.2) is 30.4 Å². The van der Waals surface area contributed by atoms with Crippen molar-refractivity contribution in [2.75, 3.05) is 13.6 Å². The van der Waals surface area contributed by atoms with E-state index in [0.717, 1.165) is 23.6 Å². The number of aliphatic imine (C=N–C) groups is 1. The molecule has 0 spiro atoms. The molecule has 0 atom stereocenters. The lowest BCUT2D eigenvalue weighted by Gasteiger charge is -2.22. The normalized spacial score (nSPS) is 10.8. The largest absolute Gasteiger partial charge is 0.366 e. The van der Waals surface area contributed by atoms with E-state index in [-0.39, 0.29) is 29.8 Å². The number of benzene rings is 2. The number of halogens is 2. The van der Waals surface area contributed by atoms with Gasteiger partial charge in [0.05, 0.1) is 6.54 Å². The summed E-state index contributed by atoms with van der Waals surface area (Å²) in [4.78, 5) is 17.8. The zero-order valence-electron chi connectivity index (χ0n) is 14.9. The number of rotatable bonds is 6. The lowest BCUT2D eigenvalue weighted by atomic mass is 10.1. The van der Waals surface area contributed by atoms with Crippen LogP contribution >= 0.6 is 24.0 Å². The van der Waals surface area contributed by atoms with Gasteiger partial charge in [-0.3, -0.25) is 4.79 Å². The van der Waals surface area contributed by atoms with E-state index in [1.807, 2.05) is 24.9 Å². The van der Waals surface area contributed by atoms with Crippen molar-refractivity contribution in [3.63, 3.8) is 0 Å². The van der Waals surface area contributed by atoms with E-state index in [2.05, 4.69) is 10.3 Å². The molecular formula is C19H24FIN4O. The van der Waals surface area contributed by atoms with Crippen molar-refractivity contribution in [3.05, 3.63) is 71.0 Å². The molecule has 5 nitrogen and oxygen atoms in total. The summed E-state index contributed by atoms with van der Waals surface area (Å²) in [5, 5.41) is 3.23. The number of carbonyl (C=O) groups excluding carboxylic acids is 1. The number of nitrogens with two attached hydrogens (primary N) is 1. The minimum absolute atomic E-state index is 0. The molecule has 0 radical (unpaired) electrons. The van der Waals surface area contributed by atoms with Gasteiger partial charge in [0.2, 0.25) is 5.91 Å². The van der Waals surface area contributed by atoms with Crippen molar-refractivity contribution in [1.82, 2.24) is 10.2 Å². The molecule has 2 aromatic carbocycles. The van der Waals surface area contributed by atoms with Gasteiger partial charge in [-0.1, -0.05) is 24.3 Å². The molecule has 0 saturated heterocycles. The lowest BCUT2D eigenvalue weighted by Crippen LogP contribution is -2.38. The molecule has 2 aromatic rings. The summed E-state index contributed by atoms with van der Waals surface area (Å²) in [5.74, 6) is 0.0313. The van der Waals surface area contributed by atoms with Crippen molar-refractivity contribution < 1.29 is 9.18 Å². The number of primary amides is 1. The fraction of sp³-hybridized carbons (Fsp3) is 0.263. The molecule has 3 N–H and O–H groups in total. The van der Waals surface area contributed by atoms with E-state index < -0.39 is 5.91 Å². The lowest BCUT2D eigenvalue weighted by molar-refractivity contribution is 0.1000. The zero-order chi connectivity index (χ0) is 18.2. The van der Waals surface area contributed by atoms with Crippen LogP contribution in [0, 0.1) is 5.82 Å². The molecule has 0 unspecified atom stereocenters. The predicted molar refractivity (Wildman–Crippen MR) is 113 cm³/mol. The summed E-state index contributed by atoms with van der Waals surface area (Å²) in [6.07, 6.45) is 0. The topological polar surface area (TPSA) is 70.7 Å². The summed E-state index contributed by atoms with van der Waals surface area (Å²) in [7, 11) is 1.92. The van der Waals surface area contributed by atoms with Gasteiger partial charge in [0.15, 0.2) is 5.96 Å². The molecular weight excluding hydrogens is 446 g/mol. The van der Waals surface area contributed by atoms with Gasteiger partial charge in [-0.25, -0.2) is 9.38 Å².